The van der Waals surface area contributed by atoms with Gasteiger partial charge in [0.05, 0.1) is 0 Å². The number of benzene rings is 1. The molecule has 0 aromatic heterocycles. The van der Waals surface area contributed by atoms with Crippen LogP contribution in [0.25, 0.3) is 0 Å². The maximum absolute atomic E-state index is 10.5. The molecule has 1 N–H and O–H groups in total. The summed E-state index contributed by atoms with van der Waals surface area (Å²) in [6.07, 6.45) is 0.215. The summed E-state index contributed by atoms with van der Waals surface area (Å²) in [6, 6.07) is 10.1. The van der Waals surface area contributed by atoms with Gasteiger partial charge in [0.2, 0.25) is 0 Å². The molecule has 1 saturated heterocycles. The number of hydrogen-bond donors (Lipinski definition) is 1. The van der Waals surface area contributed by atoms with Crippen molar-refractivity contribution < 1.29 is 37.9 Å². The molecule has 1 aliphatic heterocycles. The van der Waals surface area contributed by atoms with Gasteiger partial charge in [0.1, 0.15) is 0 Å². The molecular weight excluding hydrogens is 476 g/mol. The number of halogens is 1. The molecule has 21 heavy (non-hydrogen) atoms. The Morgan fingerprint density at radius 3 is 2.62 bits per heavy atom. The summed E-state index contributed by atoms with van der Waals surface area (Å²) in [5.41, 5.74) is 1.13. The van der Waals surface area contributed by atoms with Crippen LogP contribution in [0, 0.1) is 5.92 Å². The topological polar surface area (TPSA) is 38.7 Å². The first kappa shape index (κ1) is 17.7. The summed E-state index contributed by atoms with van der Waals surface area (Å²) in [5.74, 6) is 0.192. The van der Waals surface area contributed by atoms with E-state index in [1.807, 2.05) is 30.3 Å². The summed E-state index contributed by atoms with van der Waals surface area (Å²) in [5, 5.41) is 10.5. The van der Waals surface area contributed by atoms with Gasteiger partial charge in [-0.25, -0.2) is 0 Å². The van der Waals surface area contributed by atoms with Crippen molar-refractivity contribution in [2.75, 3.05) is 0 Å². The summed E-state index contributed by atoms with van der Waals surface area (Å²) < 4.78 is 12.9. The van der Waals surface area contributed by atoms with Crippen molar-refractivity contribution in [3.05, 3.63) is 35.9 Å². The Morgan fingerprint density at radius 2 is 2.00 bits per heavy atom. The average Bonchev–Trinajstić information content (AvgIpc) is 2.51. The normalized spacial score (nSPS) is 32.7. The van der Waals surface area contributed by atoms with Crippen LogP contribution in [-0.4, -0.2) is 29.5 Å². The van der Waals surface area contributed by atoms with Crippen molar-refractivity contribution in [1.29, 1.82) is 0 Å². The van der Waals surface area contributed by atoms with Gasteiger partial charge in [-0.05, 0) is 0 Å². The Hall–Kier alpha value is 0.325. The number of aliphatic hydroxyl groups is 1. The molecule has 1 heterocycles. The van der Waals surface area contributed by atoms with E-state index in [9.17, 15) is 5.11 Å². The quantitative estimate of drug-likeness (QED) is 0.611. The summed E-state index contributed by atoms with van der Waals surface area (Å²) in [7, 11) is 6.04. The molecule has 0 bridgehead atoms. The third-order valence-corrected chi connectivity index (χ3v) is 9.23. The van der Waals surface area contributed by atoms with Gasteiger partial charge >= 0.3 is 143 Å². The van der Waals surface area contributed by atoms with E-state index in [1.54, 1.807) is 0 Å². The van der Waals surface area contributed by atoms with E-state index >= 15 is 0 Å². The molecule has 0 spiro atoms. The summed E-state index contributed by atoms with van der Waals surface area (Å²) in [6.45, 7) is 4.75. The Morgan fingerprint density at radius 1 is 1.29 bits per heavy atom. The van der Waals surface area contributed by atoms with Gasteiger partial charge in [-0.2, -0.15) is 0 Å². The molecule has 0 radical (unpaired) electrons. The van der Waals surface area contributed by atoms with E-state index in [0.717, 1.165) is 15.9 Å². The van der Waals surface area contributed by atoms with Gasteiger partial charge < -0.3 is 0 Å². The van der Waals surface area contributed by atoms with Gasteiger partial charge in [0.15, 0.2) is 0 Å². The second-order valence-corrected chi connectivity index (χ2v) is 12.7. The molecule has 5 heteroatoms. The van der Waals surface area contributed by atoms with Crippen LogP contribution in [0.4, 0.5) is 0 Å². The molecule has 1 fully saturated rings. The van der Waals surface area contributed by atoms with E-state index in [2.05, 4.69) is 13.8 Å². The zero-order valence-corrected chi connectivity index (χ0v) is 19.0. The van der Waals surface area contributed by atoms with Gasteiger partial charge in [-0.1, -0.05) is 0 Å². The number of ether oxygens (including phenoxy) is 2. The Bertz CT molecular complexity index is 417. The molecule has 2 rings (SSSR count). The van der Waals surface area contributed by atoms with Crippen LogP contribution in [0.1, 0.15) is 25.8 Å². The molecule has 0 saturated carbocycles. The van der Waals surface area contributed by atoms with Gasteiger partial charge in [-0.15, -0.1) is 0 Å². The Balaban J connectivity index is 2.03. The van der Waals surface area contributed by atoms with Gasteiger partial charge in [-0.3, -0.25) is 0 Å². The van der Waals surface area contributed by atoms with Crippen LogP contribution in [0.15, 0.2) is 30.3 Å². The third-order valence-electron chi connectivity index (χ3n) is 4.25. The Labute approximate surface area is 142 Å². The second kappa shape index (κ2) is 8.83. The van der Waals surface area contributed by atoms with E-state index in [-0.39, 0.29) is 24.2 Å². The van der Waals surface area contributed by atoms with Crippen LogP contribution in [-0.2, 0) is 39.4 Å². The molecule has 1 aromatic rings. The molecule has 0 amide bonds. The zero-order chi connectivity index (χ0) is 15.2. The molecule has 114 valence electrons. The standard InChI is InChI=1S/C16H23O3.ClH.Hg/c1-4-14-11(2)16(15(17)12(3)19-14)18-10-13-8-6-5-7-9-13;;/h5-9,11-12,14-17H,3-4,10H2,1-2H3;1H;/q;;+1/p-1/t11-,12-,14-,15+,16+;;/m1../s1. The van der Waals surface area contributed by atoms with Crippen molar-refractivity contribution in [3.63, 3.8) is 0 Å². The Kier molecular flexibility index (Phi) is 7.43. The van der Waals surface area contributed by atoms with E-state index in [0.29, 0.717) is 6.61 Å². The first-order valence-corrected chi connectivity index (χ1v) is 18.4. The van der Waals surface area contributed by atoms with Crippen LogP contribution in [0.3, 0.4) is 0 Å². The van der Waals surface area contributed by atoms with Gasteiger partial charge in [0.25, 0.3) is 0 Å². The monoisotopic (exact) mass is 500 g/mol. The zero-order valence-electron chi connectivity index (χ0n) is 12.7. The van der Waals surface area contributed by atoms with Crippen LogP contribution in [0.5, 0.6) is 0 Å². The molecule has 0 unspecified atom stereocenters. The number of rotatable bonds is 6. The summed E-state index contributed by atoms with van der Waals surface area (Å²) in [4.78, 5) is 0. The second-order valence-electron chi connectivity index (χ2n) is 5.71. The minimum atomic E-state index is -1.36. The molecule has 0 aliphatic carbocycles. The van der Waals surface area contributed by atoms with Crippen molar-refractivity contribution >= 4 is 8.25 Å². The molecule has 1 aromatic carbocycles. The molecule has 5 atom stereocenters. The van der Waals surface area contributed by atoms with E-state index in [1.165, 1.54) is 0 Å². The van der Waals surface area contributed by atoms with Crippen molar-refractivity contribution in [3.8, 4) is 0 Å². The maximum atomic E-state index is 10.5. The first-order valence-electron chi connectivity index (χ1n) is 7.72. The first-order chi connectivity index (χ1) is 10.2. The average molecular weight is 499 g/mol. The van der Waals surface area contributed by atoms with E-state index < -0.39 is 29.4 Å². The van der Waals surface area contributed by atoms with Crippen molar-refractivity contribution in [2.45, 2.75) is 55.2 Å². The van der Waals surface area contributed by atoms with Crippen molar-refractivity contribution in [2.24, 2.45) is 5.92 Å². The fourth-order valence-electron chi connectivity index (χ4n) is 2.99. The molecular formula is C16H23ClHgO3. The van der Waals surface area contributed by atoms with Crippen LogP contribution >= 0.6 is 8.25 Å². The van der Waals surface area contributed by atoms with Gasteiger partial charge in [0, 0.05) is 0 Å². The molecule has 3 nitrogen and oxygen atoms in total. The van der Waals surface area contributed by atoms with Crippen LogP contribution in [0.2, 0.25) is 3.93 Å². The van der Waals surface area contributed by atoms with E-state index in [4.69, 9.17) is 17.7 Å². The predicted molar refractivity (Wildman–Crippen MR) is 79.8 cm³/mol. The number of hydrogen-bond acceptors (Lipinski definition) is 3. The SMILES string of the molecule is CC[C@H]1O[C@H]([CH2][Hg][Cl])[C@H](O)[C@@H](OCc2ccccc2)[C@@H]1C. The molecule has 1 aliphatic rings. The fourth-order valence-corrected chi connectivity index (χ4v) is 7.57. The van der Waals surface area contributed by atoms with Crippen LogP contribution < -0.4 is 0 Å². The van der Waals surface area contributed by atoms with Crippen molar-refractivity contribution in [1.82, 2.24) is 0 Å². The summed E-state index contributed by atoms with van der Waals surface area (Å²) >= 11 is -1.36. The minimum absolute atomic E-state index is 0.133. The number of aliphatic hydroxyl groups excluding tert-OH is 1. The predicted octanol–water partition coefficient (Wildman–Crippen LogP) is 3.40. The fraction of sp³-hybridized carbons (Fsp3) is 0.625. The third kappa shape index (κ3) is 4.65.